The quantitative estimate of drug-likeness (QED) is 0.840. The van der Waals surface area contributed by atoms with Crippen molar-refractivity contribution in [3.8, 4) is 0 Å². The number of primary amides is 1. The Kier molecular flexibility index (Phi) is 3.13. The monoisotopic (exact) mass is 232 g/mol. The molecule has 0 radical (unpaired) electrons. The van der Waals surface area contributed by atoms with Crippen LogP contribution in [-0.4, -0.2) is 29.3 Å². The van der Waals surface area contributed by atoms with Gasteiger partial charge in [-0.1, -0.05) is 30.3 Å². The van der Waals surface area contributed by atoms with E-state index in [0.717, 1.165) is 5.56 Å². The summed E-state index contributed by atoms with van der Waals surface area (Å²) in [6.07, 6.45) is 0.457. The number of benzene rings is 1. The van der Waals surface area contributed by atoms with Gasteiger partial charge in [0.15, 0.2) is 0 Å². The summed E-state index contributed by atoms with van der Waals surface area (Å²) in [6.45, 7) is 1.98. The average molecular weight is 232 g/mol. The fourth-order valence-electron chi connectivity index (χ4n) is 2.42. The summed E-state index contributed by atoms with van der Waals surface area (Å²) in [5, 5.41) is 0. The fraction of sp³-hybridized carbons (Fsp3) is 0.385. The number of likely N-dealkylation sites (tertiary alicyclic amines) is 1. The van der Waals surface area contributed by atoms with E-state index in [1.54, 1.807) is 4.90 Å². The molecule has 90 valence electrons. The lowest BCUT2D eigenvalue weighted by Crippen LogP contribution is -2.39. The van der Waals surface area contributed by atoms with Crippen molar-refractivity contribution in [2.45, 2.75) is 25.3 Å². The second-order valence-corrected chi connectivity index (χ2v) is 4.45. The summed E-state index contributed by atoms with van der Waals surface area (Å²) < 4.78 is 0. The summed E-state index contributed by atoms with van der Waals surface area (Å²) >= 11 is 0. The maximum atomic E-state index is 11.8. The van der Waals surface area contributed by atoms with Crippen molar-refractivity contribution < 1.29 is 9.59 Å². The van der Waals surface area contributed by atoms with Gasteiger partial charge in [-0.15, -0.1) is 0 Å². The predicted octanol–water partition coefficient (Wildman–Crippen LogP) is 0.876. The lowest BCUT2D eigenvalue weighted by molar-refractivity contribution is -0.133. The number of amides is 2. The molecule has 4 nitrogen and oxygen atoms in total. The molecular weight excluding hydrogens is 216 g/mol. The van der Waals surface area contributed by atoms with Gasteiger partial charge in [0, 0.05) is 18.4 Å². The minimum absolute atomic E-state index is 0.00477. The van der Waals surface area contributed by atoms with E-state index >= 15 is 0 Å². The van der Waals surface area contributed by atoms with Crippen molar-refractivity contribution in [3.63, 3.8) is 0 Å². The topological polar surface area (TPSA) is 63.4 Å². The third-order valence-electron chi connectivity index (χ3n) is 3.34. The number of rotatable bonds is 3. The van der Waals surface area contributed by atoms with Gasteiger partial charge in [0.05, 0.1) is 6.54 Å². The van der Waals surface area contributed by atoms with Crippen LogP contribution in [0.4, 0.5) is 0 Å². The van der Waals surface area contributed by atoms with Gasteiger partial charge in [0.25, 0.3) is 0 Å². The molecule has 1 saturated heterocycles. The molecule has 2 amide bonds. The second-order valence-electron chi connectivity index (χ2n) is 4.45. The molecule has 2 N–H and O–H groups in total. The molecule has 0 unspecified atom stereocenters. The van der Waals surface area contributed by atoms with Crippen LogP contribution in [0.2, 0.25) is 0 Å². The summed E-state index contributed by atoms with van der Waals surface area (Å²) in [4.78, 5) is 24.3. The molecule has 0 spiro atoms. The van der Waals surface area contributed by atoms with E-state index in [9.17, 15) is 9.59 Å². The number of carbonyl (C=O) groups excluding carboxylic acids is 2. The third kappa shape index (κ3) is 2.30. The van der Waals surface area contributed by atoms with Crippen LogP contribution in [0.25, 0.3) is 0 Å². The van der Waals surface area contributed by atoms with Crippen LogP contribution in [0.5, 0.6) is 0 Å². The Labute approximate surface area is 100 Å². The molecular formula is C13H16N2O2. The van der Waals surface area contributed by atoms with E-state index < -0.39 is 5.91 Å². The molecule has 2 atom stereocenters. The molecule has 1 aromatic carbocycles. The van der Waals surface area contributed by atoms with Crippen molar-refractivity contribution in [2.75, 3.05) is 6.54 Å². The molecule has 1 aliphatic rings. The van der Waals surface area contributed by atoms with E-state index in [-0.39, 0.29) is 24.4 Å². The average Bonchev–Trinajstić information content (AvgIpc) is 2.58. The zero-order chi connectivity index (χ0) is 12.4. The van der Waals surface area contributed by atoms with Crippen LogP contribution in [0.1, 0.15) is 24.8 Å². The van der Waals surface area contributed by atoms with E-state index in [1.807, 2.05) is 37.3 Å². The highest BCUT2D eigenvalue weighted by atomic mass is 16.2. The van der Waals surface area contributed by atoms with Gasteiger partial charge in [-0.2, -0.15) is 0 Å². The highest BCUT2D eigenvalue weighted by molar-refractivity contribution is 5.86. The van der Waals surface area contributed by atoms with Gasteiger partial charge in [-0.3, -0.25) is 9.59 Å². The molecule has 1 fully saturated rings. The minimum Gasteiger partial charge on any atom is -0.368 e. The van der Waals surface area contributed by atoms with Crippen molar-refractivity contribution in [1.82, 2.24) is 4.90 Å². The molecule has 17 heavy (non-hydrogen) atoms. The first-order valence-corrected chi connectivity index (χ1v) is 5.72. The van der Waals surface area contributed by atoms with Crippen molar-refractivity contribution in [2.24, 2.45) is 5.73 Å². The van der Waals surface area contributed by atoms with Crippen LogP contribution in [0.15, 0.2) is 30.3 Å². The maximum absolute atomic E-state index is 11.8. The van der Waals surface area contributed by atoms with Crippen LogP contribution in [0, 0.1) is 0 Å². The Balaban J connectivity index is 2.18. The zero-order valence-corrected chi connectivity index (χ0v) is 9.80. The summed E-state index contributed by atoms with van der Waals surface area (Å²) in [7, 11) is 0. The highest BCUT2D eigenvalue weighted by Gasteiger charge is 2.37. The van der Waals surface area contributed by atoms with E-state index in [1.165, 1.54) is 0 Å². The van der Waals surface area contributed by atoms with Crippen molar-refractivity contribution >= 4 is 11.8 Å². The molecule has 0 bridgehead atoms. The number of hydrogen-bond donors (Lipinski definition) is 1. The Morgan fingerprint density at radius 1 is 1.41 bits per heavy atom. The molecule has 0 saturated carbocycles. The molecule has 0 aliphatic carbocycles. The van der Waals surface area contributed by atoms with Crippen molar-refractivity contribution in [3.05, 3.63) is 35.9 Å². The molecule has 1 aliphatic heterocycles. The first-order valence-electron chi connectivity index (χ1n) is 5.72. The Morgan fingerprint density at radius 3 is 2.65 bits per heavy atom. The van der Waals surface area contributed by atoms with Crippen LogP contribution in [-0.2, 0) is 9.59 Å². The van der Waals surface area contributed by atoms with Crippen molar-refractivity contribution in [1.29, 1.82) is 0 Å². The molecule has 2 rings (SSSR count). The fourth-order valence-corrected chi connectivity index (χ4v) is 2.42. The molecule has 1 heterocycles. The SMILES string of the molecule is C[C@H]1[C@@H](c2ccccc2)CC(=O)N1CC(N)=O. The van der Waals surface area contributed by atoms with E-state index in [4.69, 9.17) is 5.73 Å². The first kappa shape index (κ1) is 11.6. The Bertz CT molecular complexity index is 430. The zero-order valence-electron chi connectivity index (χ0n) is 9.80. The van der Waals surface area contributed by atoms with Gasteiger partial charge >= 0.3 is 0 Å². The van der Waals surface area contributed by atoms with Crippen LogP contribution >= 0.6 is 0 Å². The highest BCUT2D eigenvalue weighted by Crippen LogP contribution is 2.33. The summed E-state index contributed by atoms with van der Waals surface area (Å²) in [5.74, 6) is -0.299. The normalized spacial score (nSPS) is 24.1. The standard InChI is InChI=1S/C13H16N2O2/c1-9-11(10-5-3-2-4-6-10)7-13(17)15(9)8-12(14)16/h2-6,9,11H,7-8H2,1H3,(H2,14,16)/t9-,11-/m0/s1. The summed E-state index contributed by atoms with van der Waals surface area (Å²) in [6, 6.07) is 9.93. The second kappa shape index (κ2) is 4.57. The smallest absolute Gasteiger partial charge is 0.237 e. The van der Waals surface area contributed by atoms with Gasteiger partial charge in [-0.25, -0.2) is 0 Å². The van der Waals surface area contributed by atoms with E-state index in [2.05, 4.69) is 0 Å². The largest absolute Gasteiger partial charge is 0.368 e. The number of hydrogen-bond acceptors (Lipinski definition) is 2. The predicted molar refractivity (Wildman–Crippen MR) is 64.2 cm³/mol. The third-order valence-corrected chi connectivity index (χ3v) is 3.34. The Morgan fingerprint density at radius 2 is 2.06 bits per heavy atom. The van der Waals surface area contributed by atoms with Crippen LogP contribution in [0.3, 0.4) is 0 Å². The van der Waals surface area contributed by atoms with E-state index in [0.29, 0.717) is 6.42 Å². The van der Waals surface area contributed by atoms with Crippen LogP contribution < -0.4 is 5.73 Å². The maximum Gasteiger partial charge on any atom is 0.237 e. The van der Waals surface area contributed by atoms with Gasteiger partial charge in [-0.05, 0) is 12.5 Å². The lowest BCUT2D eigenvalue weighted by atomic mass is 9.93. The minimum atomic E-state index is -0.459. The summed E-state index contributed by atoms with van der Waals surface area (Å²) in [5.41, 5.74) is 6.29. The van der Waals surface area contributed by atoms with Gasteiger partial charge in [0.2, 0.25) is 11.8 Å². The number of nitrogens with two attached hydrogens (primary N) is 1. The molecule has 4 heteroatoms. The van der Waals surface area contributed by atoms with Gasteiger partial charge in [0.1, 0.15) is 0 Å². The van der Waals surface area contributed by atoms with Gasteiger partial charge < -0.3 is 10.6 Å². The lowest BCUT2D eigenvalue weighted by Gasteiger charge is -2.23. The first-order chi connectivity index (χ1) is 8.09. The number of nitrogens with zero attached hydrogens (tertiary/aromatic N) is 1. The molecule has 1 aromatic rings. The Hall–Kier alpha value is -1.84. The number of carbonyl (C=O) groups is 2. The molecule has 0 aromatic heterocycles.